The molecule has 2 aliphatic rings. The second-order valence-corrected chi connectivity index (χ2v) is 9.21. The van der Waals surface area contributed by atoms with Crippen LogP contribution in [-0.4, -0.2) is 62.1 Å². The average Bonchev–Trinajstić information content (AvgIpc) is 3.37. The van der Waals surface area contributed by atoms with Crippen molar-refractivity contribution in [3.63, 3.8) is 0 Å². The summed E-state index contributed by atoms with van der Waals surface area (Å²) >= 11 is 0. The monoisotopic (exact) mass is 447 g/mol. The Bertz CT molecular complexity index is 1280. The number of hydrogen-bond donors (Lipinski definition) is 1. The van der Waals surface area contributed by atoms with E-state index in [0.29, 0.717) is 23.9 Å². The van der Waals surface area contributed by atoms with Gasteiger partial charge in [-0.2, -0.15) is 0 Å². The Morgan fingerprint density at radius 2 is 2.00 bits per heavy atom. The summed E-state index contributed by atoms with van der Waals surface area (Å²) in [6, 6.07) is 5.09. The van der Waals surface area contributed by atoms with Crippen LogP contribution in [0.5, 0.6) is 0 Å². The van der Waals surface area contributed by atoms with Gasteiger partial charge in [-0.1, -0.05) is 0 Å². The number of aryl methyl sites for hydroxylation is 1. The molecular weight excluding hydrogens is 418 g/mol. The molecule has 6 rings (SSSR count). The Morgan fingerprint density at radius 3 is 2.82 bits per heavy atom. The van der Waals surface area contributed by atoms with E-state index in [9.17, 15) is 0 Å². The van der Waals surface area contributed by atoms with E-state index in [1.54, 1.807) is 7.11 Å². The first-order valence-electron chi connectivity index (χ1n) is 11.7. The SMILES string of the molecule is COC[C@H]1C[C@H](Nc2ncc3c(-c4cnc5nc(C)n(C6CCOCC6)c5c4)ccn3n2)C1. The van der Waals surface area contributed by atoms with E-state index in [0.717, 1.165) is 79.1 Å². The summed E-state index contributed by atoms with van der Waals surface area (Å²) in [5.41, 5.74) is 4.94. The van der Waals surface area contributed by atoms with Gasteiger partial charge < -0.3 is 19.4 Å². The molecule has 1 N–H and O–H groups in total. The number of fused-ring (bicyclic) bond motifs is 2. The molecule has 0 atom stereocenters. The van der Waals surface area contributed by atoms with Crippen LogP contribution in [0.4, 0.5) is 5.95 Å². The van der Waals surface area contributed by atoms with Crippen LogP contribution >= 0.6 is 0 Å². The van der Waals surface area contributed by atoms with Gasteiger partial charge in [-0.05, 0) is 50.7 Å². The highest BCUT2D eigenvalue weighted by Crippen LogP contribution is 2.32. The number of anilines is 1. The summed E-state index contributed by atoms with van der Waals surface area (Å²) in [4.78, 5) is 14.0. The van der Waals surface area contributed by atoms with Gasteiger partial charge in [-0.25, -0.2) is 19.5 Å². The number of pyridine rings is 1. The third-order valence-corrected chi connectivity index (χ3v) is 6.98. The molecule has 1 aliphatic heterocycles. The average molecular weight is 448 g/mol. The van der Waals surface area contributed by atoms with Crippen molar-refractivity contribution in [3.05, 3.63) is 36.5 Å². The summed E-state index contributed by atoms with van der Waals surface area (Å²) in [6.07, 6.45) is 9.97. The molecule has 0 unspecified atom stereocenters. The highest BCUT2D eigenvalue weighted by Gasteiger charge is 2.29. The summed E-state index contributed by atoms with van der Waals surface area (Å²) < 4.78 is 15.0. The molecule has 1 saturated heterocycles. The van der Waals surface area contributed by atoms with Gasteiger partial charge in [0.2, 0.25) is 5.95 Å². The number of imidazole rings is 1. The topological polar surface area (TPSA) is 91.4 Å². The Hall–Kier alpha value is -3.04. The van der Waals surface area contributed by atoms with Crippen LogP contribution in [0.2, 0.25) is 0 Å². The van der Waals surface area contributed by atoms with Crippen molar-refractivity contribution >= 4 is 22.6 Å². The van der Waals surface area contributed by atoms with Gasteiger partial charge in [-0.3, -0.25) is 0 Å². The fourth-order valence-corrected chi connectivity index (χ4v) is 5.26. The first kappa shape index (κ1) is 20.6. The number of nitrogens with zero attached hydrogens (tertiary/aromatic N) is 6. The molecule has 0 aromatic carbocycles. The lowest BCUT2D eigenvalue weighted by atomic mass is 9.81. The quantitative estimate of drug-likeness (QED) is 0.482. The second-order valence-electron chi connectivity index (χ2n) is 9.21. The molecule has 0 radical (unpaired) electrons. The molecule has 1 saturated carbocycles. The number of aromatic nitrogens is 6. The maximum absolute atomic E-state index is 5.56. The van der Waals surface area contributed by atoms with Gasteiger partial charge in [0.1, 0.15) is 5.82 Å². The Balaban J connectivity index is 1.29. The van der Waals surface area contributed by atoms with Crippen LogP contribution in [-0.2, 0) is 9.47 Å². The summed E-state index contributed by atoms with van der Waals surface area (Å²) in [5, 5.41) is 8.13. The molecular formula is C24H29N7O2. The number of hydrogen-bond acceptors (Lipinski definition) is 7. The van der Waals surface area contributed by atoms with Crippen LogP contribution in [0.3, 0.4) is 0 Å². The predicted octanol–water partition coefficient (Wildman–Crippen LogP) is 3.64. The van der Waals surface area contributed by atoms with Gasteiger partial charge in [0, 0.05) is 62.5 Å². The zero-order chi connectivity index (χ0) is 22.4. The maximum Gasteiger partial charge on any atom is 0.241 e. The molecule has 9 nitrogen and oxygen atoms in total. The van der Waals surface area contributed by atoms with E-state index >= 15 is 0 Å². The smallest absolute Gasteiger partial charge is 0.241 e. The first-order valence-corrected chi connectivity index (χ1v) is 11.7. The van der Waals surface area contributed by atoms with E-state index < -0.39 is 0 Å². The molecule has 0 bridgehead atoms. The van der Waals surface area contributed by atoms with Gasteiger partial charge in [0.05, 0.1) is 17.2 Å². The van der Waals surface area contributed by atoms with E-state index in [1.165, 1.54) is 0 Å². The fourth-order valence-electron chi connectivity index (χ4n) is 5.26. The predicted molar refractivity (Wildman–Crippen MR) is 125 cm³/mol. The van der Waals surface area contributed by atoms with Crippen molar-refractivity contribution < 1.29 is 9.47 Å². The Labute approximate surface area is 192 Å². The van der Waals surface area contributed by atoms with Crippen molar-refractivity contribution in [1.29, 1.82) is 0 Å². The third kappa shape index (κ3) is 3.75. The Morgan fingerprint density at radius 1 is 1.15 bits per heavy atom. The van der Waals surface area contributed by atoms with Crippen molar-refractivity contribution in [1.82, 2.24) is 29.1 Å². The zero-order valence-corrected chi connectivity index (χ0v) is 19.1. The second kappa shape index (κ2) is 8.39. The lowest BCUT2D eigenvalue weighted by Crippen LogP contribution is -2.38. The summed E-state index contributed by atoms with van der Waals surface area (Å²) in [5.74, 6) is 2.30. The minimum Gasteiger partial charge on any atom is -0.384 e. The molecule has 0 amide bonds. The molecule has 4 aromatic rings. The minimum atomic E-state index is 0.401. The largest absolute Gasteiger partial charge is 0.384 e. The number of ether oxygens (including phenoxy) is 2. The van der Waals surface area contributed by atoms with Crippen LogP contribution < -0.4 is 5.32 Å². The van der Waals surface area contributed by atoms with E-state index in [2.05, 4.69) is 44.0 Å². The van der Waals surface area contributed by atoms with Crippen LogP contribution in [0.25, 0.3) is 27.8 Å². The molecule has 5 heterocycles. The van der Waals surface area contributed by atoms with Crippen molar-refractivity contribution in [3.8, 4) is 11.1 Å². The van der Waals surface area contributed by atoms with Crippen LogP contribution in [0.1, 0.15) is 37.5 Å². The van der Waals surface area contributed by atoms with Crippen molar-refractivity contribution in [2.75, 3.05) is 32.2 Å². The highest BCUT2D eigenvalue weighted by atomic mass is 16.5. The third-order valence-electron chi connectivity index (χ3n) is 6.98. The first-order chi connectivity index (χ1) is 16.2. The van der Waals surface area contributed by atoms with Crippen LogP contribution in [0, 0.1) is 12.8 Å². The normalized spacial score (nSPS) is 21.5. The molecule has 2 fully saturated rings. The fraction of sp³-hybridized carbons (Fsp3) is 0.500. The van der Waals surface area contributed by atoms with Gasteiger partial charge in [0.25, 0.3) is 0 Å². The van der Waals surface area contributed by atoms with Crippen molar-refractivity contribution in [2.24, 2.45) is 5.92 Å². The number of nitrogens with one attached hydrogen (secondary N) is 1. The lowest BCUT2D eigenvalue weighted by Gasteiger charge is -2.35. The lowest BCUT2D eigenvalue weighted by molar-refractivity contribution is 0.0701. The number of rotatable bonds is 6. The molecule has 4 aromatic heterocycles. The molecule has 9 heteroatoms. The van der Waals surface area contributed by atoms with Crippen LogP contribution in [0.15, 0.2) is 30.7 Å². The summed E-state index contributed by atoms with van der Waals surface area (Å²) in [6.45, 7) is 4.47. The van der Waals surface area contributed by atoms with Crippen molar-refractivity contribution in [2.45, 2.75) is 44.7 Å². The maximum atomic E-state index is 5.56. The van der Waals surface area contributed by atoms with Gasteiger partial charge >= 0.3 is 0 Å². The molecule has 172 valence electrons. The van der Waals surface area contributed by atoms with E-state index in [1.807, 2.05) is 23.1 Å². The van der Waals surface area contributed by atoms with E-state index in [-0.39, 0.29) is 0 Å². The molecule has 33 heavy (non-hydrogen) atoms. The van der Waals surface area contributed by atoms with E-state index in [4.69, 9.17) is 14.5 Å². The summed E-state index contributed by atoms with van der Waals surface area (Å²) in [7, 11) is 1.76. The minimum absolute atomic E-state index is 0.401. The van der Waals surface area contributed by atoms with Gasteiger partial charge in [0.15, 0.2) is 5.65 Å². The molecule has 1 aliphatic carbocycles. The highest BCUT2D eigenvalue weighted by molar-refractivity contribution is 5.85. The zero-order valence-electron chi connectivity index (χ0n) is 19.1. The Kier molecular flexibility index (Phi) is 5.22. The number of methoxy groups -OCH3 is 1. The standard InChI is InChI=1S/C24H29N7O2/c1-15-27-23-21(31(15)19-4-7-33-8-5-19)11-17(12-25-23)20-3-6-30-22(20)13-26-24(29-30)28-18-9-16(10-18)14-32-2/h3,6,11-13,16,18-19H,4-5,7-10,14H2,1-2H3,(H,28,29)/t16-,18-. The van der Waals surface area contributed by atoms with Gasteiger partial charge in [-0.15, -0.1) is 5.10 Å². The molecule has 0 spiro atoms.